The summed E-state index contributed by atoms with van der Waals surface area (Å²) in [7, 11) is 0. The van der Waals surface area contributed by atoms with Crippen LogP contribution in [0.25, 0.3) is 0 Å². The Balaban J connectivity index is 1.82. The highest BCUT2D eigenvalue weighted by atomic mass is 32.2. The van der Waals surface area contributed by atoms with Crippen molar-refractivity contribution in [3.05, 3.63) is 71.8 Å². The molecular weight excluding hydrogens is 687 g/mol. The Bertz CT molecular complexity index is 1270. The molecular formula is C43H67N3O6S. The van der Waals surface area contributed by atoms with Gasteiger partial charge in [-0.3, -0.25) is 14.4 Å². The van der Waals surface area contributed by atoms with Gasteiger partial charge in [-0.1, -0.05) is 164 Å². The monoisotopic (exact) mass is 753 g/mol. The second kappa shape index (κ2) is 30.0. The van der Waals surface area contributed by atoms with E-state index in [4.69, 9.17) is 15.2 Å². The summed E-state index contributed by atoms with van der Waals surface area (Å²) in [5.74, 6) is -1.12. The number of nitrogens with one attached hydrogen (secondary N) is 2. The molecule has 3 unspecified atom stereocenters. The molecule has 2 rings (SSSR count). The minimum atomic E-state index is -1.03. The van der Waals surface area contributed by atoms with Gasteiger partial charge < -0.3 is 25.8 Å². The molecule has 2 aromatic carbocycles. The Morgan fingerprint density at radius 3 is 1.74 bits per heavy atom. The van der Waals surface area contributed by atoms with Crippen molar-refractivity contribution >= 4 is 35.5 Å². The van der Waals surface area contributed by atoms with Gasteiger partial charge in [0.05, 0.1) is 13.2 Å². The van der Waals surface area contributed by atoms with Crippen LogP contribution in [0.15, 0.2) is 60.7 Å². The Labute approximate surface area is 323 Å². The number of amides is 2. The number of carbonyl (C=O) groups is 4. The Kier molecular flexibility index (Phi) is 25.9. The van der Waals surface area contributed by atoms with Crippen LogP contribution in [0.4, 0.5) is 0 Å². The van der Waals surface area contributed by atoms with Gasteiger partial charge in [-0.25, -0.2) is 4.79 Å². The van der Waals surface area contributed by atoms with Gasteiger partial charge in [-0.05, 0) is 30.9 Å². The lowest BCUT2D eigenvalue weighted by Gasteiger charge is -2.23. The fourth-order valence-electron chi connectivity index (χ4n) is 6.04. The minimum Gasteiger partial charge on any atom is -0.465 e. The minimum absolute atomic E-state index is 0.0590. The number of hydrogen-bond donors (Lipinski definition) is 3. The number of carbonyl (C=O) groups excluding carboxylic acids is 4. The van der Waals surface area contributed by atoms with Crippen molar-refractivity contribution in [1.82, 2.24) is 10.6 Å². The van der Waals surface area contributed by atoms with E-state index in [1.54, 1.807) is 31.2 Å². The highest BCUT2D eigenvalue weighted by Crippen LogP contribution is 2.18. The van der Waals surface area contributed by atoms with Crippen LogP contribution in [0.1, 0.15) is 147 Å². The zero-order valence-corrected chi connectivity index (χ0v) is 33.3. The fraction of sp³-hybridized carbons (Fsp3) is 0.628. The van der Waals surface area contributed by atoms with E-state index < -0.39 is 41.9 Å². The Morgan fingerprint density at radius 1 is 0.660 bits per heavy atom. The number of thioether (sulfide) groups is 1. The number of benzene rings is 2. The number of ether oxygens (including phenoxy) is 2. The molecule has 0 spiro atoms. The van der Waals surface area contributed by atoms with E-state index >= 15 is 0 Å². The van der Waals surface area contributed by atoms with E-state index in [1.807, 2.05) is 36.4 Å². The van der Waals surface area contributed by atoms with Gasteiger partial charge >= 0.3 is 11.9 Å². The topological polar surface area (TPSA) is 137 Å². The number of hydrogen-bond acceptors (Lipinski definition) is 8. The van der Waals surface area contributed by atoms with Crippen LogP contribution in [0, 0.1) is 0 Å². The third-order valence-corrected chi connectivity index (χ3v) is 10.3. The molecule has 4 N–H and O–H groups in total. The van der Waals surface area contributed by atoms with Crippen molar-refractivity contribution in [2.45, 2.75) is 153 Å². The molecule has 0 fully saturated rings. The summed E-state index contributed by atoms with van der Waals surface area (Å²) in [5, 5.41) is 5.65. The molecule has 0 aliphatic carbocycles. The van der Waals surface area contributed by atoms with Crippen molar-refractivity contribution in [2.75, 3.05) is 19.0 Å². The first kappa shape index (κ1) is 45.8. The van der Waals surface area contributed by atoms with Gasteiger partial charge in [-0.2, -0.15) is 11.8 Å². The van der Waals surface area contributed by atoms with Crippen LogP contribution in [0.3, 0.4) is 0 Å². The van der Waals surface area contributed by atoms with Crippen LogP contribution in [0.5, 0.6) is 0 Å². The molecule has 0 saturated heterocycles. The quantitative estimate of drug-likeness (QED) is 0.0514. The molecule has 53 heavy (non-hydrogen) atoms. The second-order valence-corrected chi connectivity index (χ2v) is 14.9. The van der Waals surface area contributed by atoms with Crippen LogP contribution in [-0.4, -0.2) is 54.8 Å². The van der Waals surface area contributed by atoms with Crippen molar-refractivity contribution in [3.63, 3.8) is 0 Å². The summed E-state index contributed by atoms with van der Waals surface area (Å²) in [4.78, 5) is 52.0. The van der Waals surface area contributed by atoms with E-state index in [0.717, 1.165) is 24.8 Å². The third kappa shape index (κ3) is 21.8. The molecule has 0 bridgehead atoms. The van der Waals surface area contributed by atoms with Gasteiger partial charge in [-0.15, -0.1) is 0 Å². The number of rotatable bonds is 31. The first-order chi connectivity index (χ1) is 25.8. The molecule has 9 nitrogen and oxygen atoms in total. The molecule has 0 aromatic heterocycles. The van der Waals surface area contributed by atoms with Gasteiger partial charge in [0, 0.05) is 17.9 Å². The van der Waals surface area contributed by atoms with Crippen LogP contribution in [-0.2, 0) is 34.4 Å². The smallest absolute Gasteiger partial charge is 0.333 e. The standard InChI is InChI=1S/C43H67N3O6S/c1-3-5-6-7-8-9-10-11-12-13-14-15-16-17-18-25-32-52-43(50)40(36-28-23-20-24-29-36)46-41(48)38(34-53-33-35-26-21-19-22-27-35)45-39(47)31-30-37(44)42(49)51-4-2/h19-24,26-29,37-38,40H,3-18,25,30-34,44H2,1-2H3,(H,45,47)(H,46,48). The van der Waals surface area contributed by atoms with Crippen LogP contribution in [0.2, 0.25) is 0 Å². The molecule has 296 valence electrons. The molecule has 2 aromatic rings. The SMILES string of the molecule is CCCCCCCCCCCCCCCCCCOC(=O)C(NC(=O)C(CSCc1ccccc1)NC(=O)CCC(N)C(=O)OCC)c1ccccc1. The molecule has 2 amide bonds. The van der Waals surface area contributed by atoms with Gasteiger partial charge in [0.25, 0.3) is 0 Å². The summed E-state index contributed by atoms with van der Waals surface area (Å²) < 4.78 is 10.6. The maximum atomic E-state index is 13.7. The summed E-state index contributed by atoms with van der Waals surface area (Å²) >= 11 is 1.50. The highest BCUT2D eigenvalue weighted by Gasteiger charge is 2.29. The number of nitrogens with two attached hydrogens (primary N) is 1. The molecule has 10 heteroatoms. The maximum Gasteiger partial charge on any atom is 0.333 e. The molecule has 0 saturated carbocycles. The summed E-state index contributed by atoms with van der Waals surface area (Å²) in [6, 6.07) is 15.9. The van der Waals surface area contributed by atoms with Gasteiger partial charge in [0.2, 0.25) is 11.8 Å². The van der Waals surface area contributed by atoms with Gasteiger partial charge in [0.1, 0.15) is 12.1 Å². The van der Waals surface area contributed by atoms with Crippen LogP contribution < -0.4 is 16.4 Å². The largest absolute Gasteiger partial charge is 0.465 e. The normalized spacial score (nSPS) is 12.7. The van der Waals surface area contributed by atoms with Crippen molar-refractivity contribution in [1.29, 1.82) is 0 Å². The Morgan fingerprint density at radius 2 is 1.19 bits per heavy atom. The molecule has 0 aliphatic heterocycles. The average Bonchev–Trinajstić information content (AvgIpc) is 3.17. The molecule has 3 atom stereocenters. The van der Waals surface area contributed by atoms with E-state index in [2.05, 4.69) is 17.6 Å². The highest BCUT2D eigenvalue weighted by molar-refractivity contribution is 7.98. The van der Waals surface area contributed by atoms with E-state index in [9.17, 15) is 19.2 Å². The predicted octanol–water partition coefficient (Wildman–Crippen LogP) is 8.74. The van der Waals surface area contributed by atoms with E-state index in [-0.39, 0.29) is 31.8 Å². The summed E-state index contributed by atoms with van der Waals surface area (Å²) in [6.45, 7) is 4.43. The predicted molar refractivity (Wildman–Crippen MR) is 216 cm³/mol. The number of unbranched alkanes of at least 4 members (excludes halogenated alkanes) is 15. The number of esters is 2. The lowest BCUT2D eigenvalue weighted by atomic mass is 10.0. The summed E-state index contributed by atoms with van der Waals surface area (Å²) in [5.41, 5.74) is 7.57. The lowest BCUT2D eigenvalue weighted by Crippen LogP contribution is -2.50. The molecule has 0 aliphatic rings. The first-order valence-electron chi connectivity index (χ1n) is 20.2. The van der Waals surface area contributed by atoms with Crippen molar-refractivity contribution in [3.8, 4) is 0 Å². The maximum absolute atomic E-state index is 13.7. The summed E-state index contributed by atoms with van der Waals surface area (Å²) in [6.07, 6.45) is 20.3. The first-order valence-corrected chi connectivity index (χ1v) is 21.4. The van der Waals surface area contributed by atoms with Crippen molar-refractivity contribution < 1.29 is 28.7 Å². The Hall–Kier alpha value is -3.37. The van der Waals surface area contributed by atoms with Crippen LogP contribution >= 0.6 is 11.8 Å². The van der Waals surface area contributed by atoms with E-state index in [1.165, 1.54) is 95.2 Å². The second-order valence-electron chi connectivity index (χ2n) is 13.8. The fourth-order valence-corrected chi connectivity index (χ4v) is 7.06. The zero-order chi connectivity index (χ0) is 38.4. The zero-order valence-electron chi connectivity index (χ0n) is 32.5. The molecule has 0 radical (unpaired) electrons. The third-order valence-electron chi connectivity index (χ3n) is 9.22. The van der Waals surface area contributed by atoms with E-state index in [0.29, 0.717) is 11.3 Å². The lowest BCUT2D eigenvalue weighted by molar-refractivity contribution is -0.148. The average molecular weight is 754 g/mol. The molecule has 0 heterocycles. The van der Waals surface area contributed by atoms with Crippen molar-refractivity contribution in [2.24, 2.45) is 5.73 Å². The van der Waals surface area contributed by atoms with Gasteiger partial charge in [0.15, 0.2) is 6.04 Å².